The molecule has 0 spiro atoms. The first-order valence-electron chi connectivity index (χ1n) is 8.77. The third-order valence-corrected chi connectivity index (χ3v) is 5.29. The maximum Gasteiger partial charge on any atom is 0.0892 e. The molecule has 4 nitrogen and oxygen atoms in total. The van der Waals surface area contributed by atoms with Gasteiger partial charge in [0, 0.05) is 44.5 Å². The summed E-state index contributed by atoms with van der Waals surface area (Å²) in [6.45, 7) is 8.85. The summed E-state index contributed by atoms with van der Waals surface area (Å²) in [7, 11) is 0. The van der Waals surface area contributed by atoms with Crippen LogP contribution in [0.2, 0.25) is 0 Å². The molecular weight excluding hydrogens is 274 g/mol. The highest BCUT2D eigenvalue weighted by Gasteiger charge is 2.37. The molecule has 1 aromatic heterocycles. The number of fused-ring (bicyclic) bond motifs is 1. The summed E-state index contributed by atoms with van der Waals surface area (Å²) in [5.74, 6) is 1.01. The Hall–Kier alpha value is -0.970. The topological polar surface area (TPSA) is 28.6 Å². The maximum atomic E-state index is 6.14. The Labute approximate surface area is 133 Å². The zero-order chi connectivity index (χ0) is 14.9. The fourth-order valence-corrected chi connectivity index (χ4v) is 3.90. The normalized spacial score (nSPS) is 29.7. The van der Waals surface area contributed by atoms with Gasteiger partial charge in [-0.25, -0.2) is 0 Å². The van der Waals surface area contributed by atoms with Crippen molar-refractivity contribution >= 4 is 0 Å². The first kappa shape index (κ1) is 14.6. The van der Waals surface area contributed by atoms with E-state index in [4.69, 9.17) is 4.74 Å². The number of hydrogen-bond acceptors (Lipinski definition) is 4. The van der Waals surface area contributed by atoms with Gasteiger partial charge in [0.2, 0.25) is 0 Å². The van der Waals surface area contributed by atoms with Crippen molar-refractivity contribution in [3.63, 3.8) is 0 Å². The van der Waals surface area contributed by atoms with Gasteiger partial charge in [0.25, 0.3) is 0 Å². The van der Waals surface area contributed by atoms with Crippen LogP contribution >= 0.6 is 0 Å². The smallest absolute Gasteiger partial charge is 0.0892 e. The Morgan fingerprint density at radius 3 is 2.95 bits per heavy atom. The van der Waals surface area contributed by atoms with Gasteiger partial charge in [0.1, 0.15) is 0 Å². The fourth-order valence-electron chi connectivity index (χ4n) is 3.90. The predicted molar refractivity (Wildman–Crippen MR) is 86.7 cm³/mol. The molecule has 0 amide bonds. The zero-order valence-corrected chi connectivity index (χ0v) is 13.6. The second kappa shape index (κ2) is 6.26. The van der Waals surface area contributed by atoms with Crippen LogP contribution in [-0.2, 0) is 11.3 Å². The van der Waals surface area contributed by atoms with E-state index in [1.54, 1.807) is 0 Å². The number of nitrogens with zero attached hydrogens (tertiary/aromatic N) is 3. The molecule has 1 saturated carbocycles. The fraction of sp³-hybridized carbons (Fsp3) is 0.722. The number of aryl methyl sites for hydroxylation is 1. The second-order valence-corrected chi connectivity index (χ2v) is 7.29. The lowest BCUT2D eigenvalue weighted by molar-refractivity contribution is 0.0440. The Morgan fingerprint density at radius 2 is 2.14 bits per heavy atom. The van der Waals surface area contributed by atoms with Crippen LogP contribution in [-0.4, -0.2) is 59.7 Å². The van der Waals surface area contributed by atoms with E-state index in [-0.39, 0.29) is 0 Å². The highest BCUT2D eigenvalue weighted by Crippen LogP contribution is 2.32. The van der Waals surface area contributed by atoms with E-state index in [0.29, 0.717) is 18.8 Å². The zero-order valence-electron chi connectivity index (χ0n) is 13.6. The molecular formula is C18H27N3O. The number of hydrogen-bond donors (Lipinski definition) is 0. The number of rotatable bonds is 5. The number of pyridine rings is 1. The van der Waals surface area contributed by atoms with Crippen LogP contribution in [0.15, 0.2) is 18.2 Å². The molecule has 120 valence electrons. The lowest BCUT2D eigenvalue weighted by Crippen LogP contribution is -2.50. The average molecular weight is 301 g/mol. The van der Waals surface area contributed by atoms with E-state index in [1.165, 1.54) is 45.4 Å². The molecule has 0 aromatic carbocycles. The molecule has 0 radical (unpaired) electrons. The SMILES string of the molecule is Cc1cccc(COC2CC3CN(CC4CC4)CCN3C2)n1. The lowest BCUT2D eigenvalue weighted by atomic mass is 10.1. The van der Waals surface area contributed by atoms with Crippen molar-refractivity contribution in [1.29, 1.82) is 0 Å². The quantitative estimate of drug-likeness (QED) is 0.832. The number of ether oxygens (including phenoxy) is 1. The molecule has 1 aliphatic carbocycles. The third-order valence-electron chi connectivity index (χ3n) is 5.29. The van der Waals surface area contributed by atoms with Crippen LogP contribution in [0.25, 0.3) is 0 Å². The van der Waals surface area contributed by atoms with E-state index in [1.807, 2.05) is 13.0 Å². The van der Waals surface area contributed by atoms with Crippen molar-refractivity contribution in [2.24, 2.45) is 5.92 Å². The van der Waals surface area contributed by atoms with E-state index in [2.05, 4.69) is 26.9 Å². The van der Waals surface area contributed by atoms with E-state index >= 15 is 0 Å². The van der Waals surface area contributed by atoms with Gasteiger partial charge in [-0.3, -0.25) is 9.88 Å². The van der Waals surface area contributed by atoms with Crippen molar-refractivity contribution in [3.8, 4) is 0 Å². The van der Waals surface area contributed by atoms with Crippen LogP contribution in [0.4, 0.5) is 0 Å². The summed E-state index contributed by atoms with van der Waals surface area (Å²) in [6.07, 6.45) is 4.49. The van der Waals surface area contributed by atoms with Gasteiger partial charge in [-0.15, -0.1) is 0 Å². The van der Waals surface area contributed by atoms with Gasteiger partial charge in [-0.05, 0) is 44.2 Å². The van der Waals surface area contributed by atoms with Crippen LogP contribution in [0, 0.1) is 12.8 Å². The van der Waals surface area contributed by atoms with Crippen molar-refractivity contribution in [3.05, 3.63) is 29.6 Å². The van der Waals surface area contributed by atoms with Crippen LogP contribution in [0.1, 0.15) is 30.7 Å². The lowest BCUT2D eigenvalue weighted by Gasteiger charge is -2.37. The van der Waals surface area contributed by atoms with Gasteiger partial charge >= 0.3 is 0 Å². The molecule has 2 saturated heterocycles. The summed E-state index contributed by atoms with van der Waals surface area (Å²) in [5.41, 5.74) is 2.13. The minimum atomic E-state index is 0.383. The molecule has 2 atom stereocenters. The molecule has 4 rings (SSSR count). The molecule has 3 fully saturated rings. The third kappa shape index (κ3) is 3.50. The van der Waals surface area contributed by atoms with E-state index in [9.17, 15) is 0 Å². The molecule has 0 N–H and O–H groups in total. The number of piperazine rings is 1. The highest BCUT2D eigenvalue weighted by molar-refractivity contribution is 5.09. The minimum Gasteiger partial charge on any atom is -0.371 e. The van der Waals surface area contributed by atoms with Gasteiger partial charge in [0.15, 0.2) is 0 Å². The second-order valence-electron chi connectivity index (χ2n) is 7.29. The minimum absolute atomic E-state index is 0.383. The largest absolute Gasteiger partial charge is 0.371 e. The van der Waals surface area contributed by atoms with Gasteiger partial charge in [-0.2, -0.15) is 0 Å². The van der Waals surface area contributed by atoms with Crippen molar-refractivity contribution in [2.75, 3.05) is 32.7 Å². The summed E-state index contributed by atoms with van der Waals surface area (Å²) in [4.78, 5) is 9.85. The van der Waals surface area contributed by atoms with Crippen molar-refractivity contribution < 1.29 is 4.74 Å². The summed E-state index contributed by atoms with van der Waals surface area (Å²) in [5, 5.41) is 0. The molecule has 1 aromatic rings. The number of aromatic nitrogens is 1. The van der Waals surface area contributed by atoms with E-state index < -0.39 is 0 Å². The first-order chi connectivity index (χ1) is 10.8. The molecule has 22 heavy (non-hydrogen) atoms. The van der Waals surface area contributed by atoms with Crippen LogP contribution in [0.3, 0.4) is 0 Å². The molecule has 2 unspecified atom stereocenters. The Kier molecular flexibility index (Phi) is 4.16. The van der Waals surface area contributed by atoms with Crippen molar-refractivity contribution in [2.45, 2.75) is 44.9 Å². The van der Waals surface area contributed by atoms with Gasteiger partial charge in [-0.1, -0.05) is 6.07 Å². The Morgan fingerprint density at radius 1 is 1.23 bits per heavy atom. The van der Waals surface area contributed by atoms with Crippen LogP contribution < -0.4 is 0 Å². The highest BCUT2D eigenvalue weighted by atomic mass is 16.5. The van der Waals surface area contributed by atoms with Crippen LogP contribution in [0.5, 0.6) is 0 Å². The molecule has 0 bridgehead atoms. The molecule has 3 aliphatic rings. The van der Waals surface area contributed by atoms with Gasteiger partial charge in [0.05, 0.1) is 18.4 Å². The van der Waals surface area contributed by atoms with Gasteiger partial charge < -0.3 is 9.64 Å². The average Bonchev–Trinajstić information content (AvgIpc) is 3.22. The Balaban J connectivity index is 1.27. The molecule has 4 heteroatoms. The Bertz CT molecular complexity index is 517. The monoisotopic (exact) mass is 301 g/mol. The predicted octanol–water partition coefficient (Wildman–Crippen LogP) is 2.08. The molecule has 2 aliphatic heterocycles. The standard InChI is InChI=1S/C18H27N3O/c1-14-3-2-4-16(19-14)13-22-18-9-17-11-20(10-15-5-6-15)7-8-21(17)12-18/h2-4,15,17-18H,5-13H2,1H3. The van der Waals surface area contributed by atoms with Crippen molar-refractivity contribution in [1.82, 2.24) is 14.8 Å². The molecule has 3 heterocycles. The van der Waals surface area contributed by atoms with E-state index in [0.717, 1.165) is 23.9 Å². The first-order valence-corrected chi connectivity index (χ1v) is 8.77. The summed E-state index contributed by atoms with van der Waals surface area (Å²) in [6, 6.07) is 6.87. The summed E-state index contributed by atoms with van der Waals surface area (Å²) >= 11 is 0. The maximum absolute atomic E-state index is 6.14. The summed E-state index contributed by atoms with van der Waals surface area (Å²) < 4.78 is 6.14.